The van der Waals surface area contributed by atoms with Crippen LogP contribution in [0.3, 0.4) is 0 Å². The zero-order valence-electron chi connectivity index (χ0n) is 6.54. The van der Waals surface area contributed by atoms with Gasteiger partial charge in [0.1, 0.15) is 12.4 Å². The predicted octanol–water partition coefficient (Wildman–Crippen LogP) is 1.10. The van der Waals surface area contributed by atoms with Crippen LogP contribution in [0.4, 0.5) is 0 Å². The summed E-state index contributed by atoms with van der Waals surface area (Å²) in [5.74, 6) is -0.000602. The van der Waals surface area contributed by atoms with E-state index in [0.29, 0.717) is 5.56 Å². The molecule has 6 heteroatoms. The molecule has 0 aliphatic heterocycles. The molecule has 0 bridgehead atoms. The van der Waals surface area contributed by atoms with Gasteiger partial charge < -0.3 is 9.94 Å². The van der Waals surface area contributed by atoms with Gasteiger partial charge in [-0.1, -0.05) is 18.2 Å². The number of hydrogen-bond acceptors (Lipinski definition) is 4. The Balaban J connectivity index is 0.00000144. The first kappa shape index (κ1) is 11.9. The molecule has 0 radical (unpaired) electrons. The number of benzene rings is 1. The van der Waals surface area contributed by atoms with Gasteiger partial charge in [0, 0.05) is 26.6 Å². The normalized spacial score (nSPS) is 8.62. The Morgan fingerprint density at radius 3 is 2.62 bits per heavy atom. The van der Waals surface area contributed by atoms with Crippen molar-refractivity contribution in [3.8, 4) is 5.75 Å². The summed E-state index contributed by atoms with van der Waals surface area (Å²) in [5, 5.41) is 18.0. The third kappa shape index (κ3) is 3.89. The van der Waals surface area contributed by atoms with Crippen LogP contribution in [0.5, 0.6) is 5.75 Å². The second-order valence-electron chi connectivity index (χ2n) is 2.13. The van der Waals surface area contributed by atoms with Crippen LogP contribution in [-0.4, -0.2) is 10.2 Å². The first-order valence-corrected chi connectivity index (χ1v) is 3.24. The third-order valence-corrected chi connectivity index (χ3v) is 1.32. The molecule has 70 valence electrons. The van der Waals surface area contributed by atoms with Crippen LogP contribution >= 0.6 is 0 Å². The second-order valence-corrected chi connectivity index (χ2v) is 2.13. The first-order valence-electron chi connectivity index (χ1n) is 3.24. The van der Waals surface area contributed by atoms with E-state index in [9.17, 15) is 10.1 Å². The molecule has 1 aromatic rings. The van der Waals surface area contributed by atoms with Gasteiger partial charge >= 0.3 is 0 Å². The van der Waals surface area contributed by atoms with Crippen LogP contribution in [0.15, 0.2) is 24.3 Å². The topological polar surface area (TPSA) is 72.6 Å². The Bertz CT molecular complexity index is 292. The van der Waals surface area contributed by atoms with Gasteiger partial charge in [-0.25, -0.2) is 0 Å². The number of para-hydroxylation sites is 1. The minimum Gasteiger partial charge on any atom is -0.508 e. The molecular weight excluding hydrogens is 346 g/mol. The molecule has 1 aromatic carbocycles. The Labute approximate surface area is 88.7 Å². The smallest absolute Gasteiger partial charge is 0.294 e. The summed E-state index contributed by atoms with van der Waals surface area (Å²) in [4.78, 5) is 13.9. The van der Waals surface area contributed by atoms with Crippen molar-refractivity contribution in [3.05, 3.63) is 39.9 Å². The Morgan fingerprint density at radius 2 is 2.08 bits per heavy atom. The van der Waals surface area contributed by atoms with Gasteiger partial charge in [0.25, 0.3) is 5.09 Å². The number of nitrogens with zero attached hydrogens (tertiary/aromatic N) is 1. The van der Waals surface area contributed by atoms with Crippen molar-refractivity contribution in [2.45, 2.75) is 6.61 Å². The van der Waals surface area contributed by atoms with E-state index in [1.807, 2.05) is 0 Å². The molecule has 1 N–H and O–H groups in total. The zero-order valence-corrected chi connectivity index (χ0v) is 9.48. The molecule has 0 saturated heterocycles. The molecule has 0 unspecified atom stereocenters. The average Bonchev–Trinajstić information content (AvgIpc) is 2.03. The summed E-state index contributed by atoms with van der Waals surface area (Å²) in [6.07, 6.45) is 0. The molecule has 0 heterocycles. The first-order chi connectivity index (χ1) is 5.70. The van der Waals surface area contributed by atoms with E-state index in [0.717, 1.165) is 0 Å². The minimum atomic E-state index is -0.896. The Kier molecular flexibility index (Phi) is 5.07. The number of rotatable bonds is 3. The second kappa shape index (κ2) is 5.54. The van der Waals surface area contributed by atoms with Crippen molar-refractivity contribution in [2.75, 3.05) is 0 Å². The van der Waals surface area contributed by atoms with Crippen molar-refractivity contribution in [1.82, 2.24) is 0 Å². The molecule has 1 rings (SSSR count). The molecule has 13 heavy (non-hydrogen) atoms. The van der Waals surface area contributed by atoms with Crippen molar-refractivity contribution >= 4 is 0 Å². The van der Waals surface area contributed by atoms with E-state index in [-0.39, 0.29) is 33.4 Å². The number of phenolic OH excluding ortho intramolecular Hbond substituents is 1. The van der Waals surface area contributed by atoms with E-state index >= 15 is 0 Å². The van der Waals surface area contributed by atoms with E-state index in [2.05, 4.69) is 4.84 Å². The van der Waals surface area contributed by atoms with Crippen LogP contribution in [0.25, 0.3) is 0 Å². The van der Waals surface area contributed by atoms with Gasteiger partial charge in [0.15, 0.2) is 0 Å². The van der Waals surface area contributed by atoms with E-state index in [4.69, 9.17) is 5.11 Å². The van der Waals surface area contributed by atoms with Gasteiger partial charge in [0.2, 0.25) is 0 Å². The summed E-state index contributed by atoms with van der Waals surface area (Å²) in [5.41, 5.74) is 0.397. The Hall–Kier alpha value is -1.09. The van der Waals surface area contributed by atoms with Gasteiger partial charge in [0.05, 0.1) is 0 Å². The summed E-state index contributed by atoms with van der Waals surface area (Å²) in [7, 11) is 0. The van der Waals surface area contributed by atoms with Crippen molar-refractivity contribution in [2.24, 2.45) is 0 Å². The van der Waals surface area contributed by atoms with Crippen LogP contribution in [0, 0.1) is 10.1 Å². The molecule has 0 saturated carbocycles. The van der Waals surface area contributed by atoms with Crippen LogP contribution in [0.2, 0.25) is 0 Å². The molecule has 0 spiro atoms. The predicted molar refractivity (Wildman–Crippen MR) is 39.9 cm³/mol. The molecule has 0 aromatic heterocycles. The number of hydrogen-bond donors (Lipinski definition) is 1. The maximum atomic E-state index is 9.79. The molecule has 0 aliphatic rings. The fourth-order valence-electron chi connectivity index (χ4n) is 0.755. The van der Waals surface area contributed by atoms with Crippen LogP contribution in [-0.2, 0) is 32.5 Å². The van der Waals surface area contributed by atoms with Crippen LogP contribution in [0.1, 0.15) is 5.56 Å². The van der Waals surface area contributed by atoms with Gasteiger partial charge in [-0.2, -0.15) is 0 Å². The molecule has 5 nitrogen and oxygen atoms in total. The molecular formula is C7H7NO4W. The summed E-state index contributed by atoms with van der Waals surface area (Å²) < 4.78 is 0. The van der Waals surface area contributed by atoms with Gasteiger partial charge in [-0.15, -0.1) is 10.1 Å². The van der Waals surface area contributed by atoms with E-state index < -0.39 is 5.09 Å². The fourth-order valence-corrected chi connectivity index (χ4v) is 0.755. The van der Waals surface area contributed by atoms with Crippen LogP contribution < -0.4 is 0 Å². The quantitative estimate of drug-likeness (QED) is 0.653. The van der Waals surface area contributed by atoms with Gasteiger partial charge in [-0.3, -0.25) is 0 Å². The standard InChI is InChI=1S/C7H7NO4.W/c9-7-4-2-1-3-6(7)5-12-8(10)11;/h1-4,9H,5H2;. The fraction of sp³-hybridized carbons (Fsp3) is 0.143. The number of phenols is 1. The van der Waals surface area contributed by atoms with Crippen molar-refractivity contribution < 1.29 is 36.1 Å². The maximum Gasteiger partial charge on any atom is 0.294 e. The summed E-state index contributed by atoms with van der Waals surface area (Å²) >= 11 is 0. The van der Waals surface area contributed by atoms with E-state index in [1.54, 1.807) is 18.2 Å². The molecule has 0 aliphatic carbocycles. The largest absolute Gasteiger partial charge is 0.508 e. The molecule has 0 atom stereocenters. The SMILES string of the molecule is O=[N+]([O-])OCc1ccccc1O.[W]. The average molecular weight is 353 g/mol. The van der Waals surface area contributed by atoms with Crippen molar-refractivity contribution in [3.63, 3.8) is 0 Å². The summed E-state index contributed by atoms with van der Waals surface area (Å²) in [6.45, 7) is -0.223. The van der Waals surface area contributed by atoms with Crippen molar-refractivity contribution in [1.29, 1.82) is 0 Å². The Morgan fingerprint density at radius 1 is 1.46 bits per heavy atom. The minimum absolute atomic E-state index is 0. The molecule has 0 amide bonds. The summed E-state index contributed by atoms with van der Waals surface area (Å²) in [6, 6.07) is 6.29. The molecule has 0 fully saturated rings. The van der Waals surface area contributed by atoms with Gasteiger partial charge in [-0.05, 0) is 6.07 Å². The van der Waals surface area contributed by atoms with E-state index in [1.165, 1.54) is 6.07 Å². The zero-order chi connectivity index (χ0) is 8.97. The monoisotopic (exact) mass is 353 g/mol. The maximum absolute atomic E-state index is 9.79. The number of aromatic hydroxyl groups is 1. The third-order valence-electron chi connectivity index (χ3n) is 1.32.